The van der Waals surface area contributed by atoms with Crippen LogP contribution in [0.1, 0.15) is 0 Å². The number of nitrogens with zero attached hydrogens (tertiary/aromatic N) is 3. The summed E-state index contributed by atoms with van der Waals surface area (Å²) in [5, 5.41) is 3.73. The Kier molecular flexibility index (Phi) is 5.53. The summed E-state index contributed by atoms with van der Waals surface area (Å²) in [6, 6.07) is 33.8. The molecule has 2 aliphatic rings. The highest BCUT2D eigenvalue weighted by Crippen LogP contribution is 2.46. The fraction of sp³-hybridized carbons (Fsp3) is 0.0286. The summed E-state index contributed by atoms with van der Waals surface area (Å²) in [7, 11) is 0. The highest BCUT2D eigenvalue weighted by atomic mass is 15.3. The molecule has 3 heterocycles. The van der Waals surface area contributed by atoms with Crippen molar-refractivity contribution in [3.05, 3.63) is 145 Å². The fourth-order valence-electron chi connectivity index (χ4n) is 5.33. The third kappa shape index (κ3) is 4.17. The quantitative estimate of drug-likeness (QED) is 0.250. The number of pyridine rings is 1. The molecule has 0 saturated heterocycles. The molecule has 0 amide bonds. The van der Waals surface area contributed by atoms with Crippen molar-refractivity contribution in [3.8, 4) is 44.5 Å². The minimum Gasteiger partial charge on any atom is -0.359 e. The van der Waals surface area contributed by atoms with E-state index in [0.717, 1.165) is 39.1 Å². The van der Waals surface area contributed by atoms with Gasteiger partial charge < -0.3 is 10.2 Å². The van der Waals surface area contributed by atoms with Crippen LogP contribution in [0.4, 0.5) is 17.1 Å². The van der Waals surface area contributed by atoms with Crippen LogP contribution in [0, 0.1) is 6.57 Å². The Bertz CT molecular complexity index is 1760. The molecular formula is C35H24N4. The van der Waals surface area contributed by atoms with Crippen LogP contribution in [0.25, 0.3) is 49.4 Å². The highest BCUT2D eigenvalue weighted by Gasteiger charge is 2.29. The molecule has 4 nitrogen and oxygen atoms in total. The van der Waals surface area contributed by atoms with Gasteiger partial charge in [-0.3, -0.25) is 4.98 Å². The van der Waals surface area contributed by atoms with Crippen LogP contribution in [0.2, 0.25) is 0 Å². The van der Waals surface area contributed by atoms with Crippen LogP contribution in [0.5, 0.6) is 0 Å². The third-order valence-corrected chi connectivity index (χ3v) is 7.38. The zero-order valence-electron chi connectivity index (χ0n) is 21.1. The fourth-order valence-corrected chi connectivity index (χ4v) is 5.33. The normalized spacial score (nSPS) is 14.8. The molecule has 2 aliphatic heterocycles. The van der Waals surface area contributed by atoms with E-state index < -0.39 is 0 Å². The van der Waals surface area contributed by atoms with Gasteiger partial charge in [-0.2, -0.15) is 0 Å². The molecule has 0 fully saturated rings. The molecule has 4 aromatic carbocycles. The Balaban J connectivity index is 1.29. The van der Waals surface area contributed by atoms with E-state index in [9.17, 15) is 0 Å². The van der Waals surface area contributed by atoms with Crippen molar-refractivity contribution in [3.63, 3.8) is 0 Å². The maximum atomic E-state index is 7.19. The van der Waals surface area contributed by atoms with Crippen molar-refractivity contribution in [2.75, 3.05) is 10.2 Å². The molecule has 184 valence electrons. The van der Waals surface area contributed by atoms with Crippen LogP contribution >= 0.6 is 0 Å². The number of allylic oxidation sites excluding steroid dienone is 2. The molecule has 0 spiro atoms. The van der Waals surface area contributed by atoms with E-state index in [1.165, 1.54) is 16.8 Å². The van der Waals surface area contributed by atoms with Gasteiger partial charge in [-0.1, -0.05) is 84.9 Å². The van der Waals surface area contributed by atoms with Gasteiger partial charge in [0.1, 0.15) is 6.17 Å². The number of nitrogens with one attached hydrogen (secondary N) is 1. The first-order chi connectivity index (χ1) is 19.3. The van der Waals surface area contributed by atoms with E-state index in [0.29, 0.717) is 5.69 Å². The van der Waals surface area contributed by atoms with E-state index in [4.69, 9.17) is 6.57 Å². The Morgan fingerprint density at radius 1 is 0.692 bits per heavy atom. The number of aromatic nitrogens is 1. The number of fused-ring (bicyclic) bond motifs is 3. The summed E-state index contributed by atoms with van der Waals surface area (Å²) in [4.78, 5) is 10.1. The molecule has 0 radical (unpaired) electrons. The zero-order chi connectivity index (χ0) is 26.2. The number of hydrogen-bond donors (Lipinski definition) is 1. The van der Waals surface area contributed by atoms with Crippen molar-refractivity contribution >= 4 is 17.1 Å². The Labute approximate surface area is 228 Å². The highest BCUT2D eigenvalue weighted by molar-refractivity contribution is 5.96. The SMILES string of the molecule is [C-]#[N+]c1ccc(-c2ccc(-c3cc(-c4ccc(-c5cccnc5)cc4)c4c(c3)N3C=CC=CC3N4)cc2)cc1. The van der Waals surface area contributed by atoms with E-state index in [2.05, 4.69) is 111 Å². The minimum atomic E-state index is 0.106. The number of rotatable bonds is 4. The van der Waals surface area contributed by atoms with E-state index in [1.54, 1.807) is 6.20 Å². The molecule has 39 heavy (non-hydrogen) atoms. The van der Waals surface area contributed by atoms with Crippen LogP contribution in [-0.4, -0.2) is 11.1 Å². The lowest BCUT2D eigenvalue weighted by atomic mass is 9.94. The predicted octanol–water partition coefficient (Wildman–Crippen LogP) is 8.94. The number of benzene rings is 4. The summed E-state index contributed by atoms with van der Waals surface area (Å²) in [5.41, 5.74) is 12.1. The molecule has 0 aliphatic carbocycles. The average molecular weight is 501 g/mol. The first kappa shape index (κ1) is 22.8. The first-order valence-corrected chi connectivity index (χ1v) is 12.9. The first-order valence-electron chi connectivity index (χ1n) is 12.9. The van der Waals surface area contributed by atoms with E-state index >= 15 is 0 Å². The summed E-state index contributed by atoms with van der Waals surface area (Å²) in [6.45, 7) is 7.19. The van der Waals surface area contributed by atoms with Gasteiger partial charge in [0.15, 0.2) is 5.69 Å². The summed E-state index contributed by atoms with van der Waals surface area (Å²) >= 11 is 0. The predicted molar refractivity (Wildman–Crippen MR) is 160 cm³/mol. The van der Waals surface area contributed by atoms with Crippen molar-refractivity contribution in [2.24, 2.45) is 0 Å². The Morgan fingerprint density at radius 3 is 2.00 bits per heavy atom. The maximum Gasteiger partial charge on any atom is 0.187 e. The monoisotopic (exact) mass is 500 g/mol. The Hall–Kier alpha value is -5.40. The molecule has 4 heteroatoms. The molecule has 1 atom stereocenters. The molecule has 1 unspecified atom stereocenters. The second-order valence-corrected chi connectivity index (χ2v) is 9.70. The van der Waals surface area contributed by atoms with Crippen LogP contribution in [-0.2, 0) is 0 Å². The summed E-state index contributed by atoms with van der Waals surface area (Å²) < 4.78 is 0. The Morgan fingerprint density at radius 2 is 1.33 bits per heavy atom. The van der Waals surface area contributed by atoms with Crippen molar-refractivity contribution in [1.82, 2.24) is 4.98 Å². The van der Waals surface area contributed by atoms with Crippen LogP contribution in [0.3, 0.4) is 0 Å². The van der Waals surface area contributed by atoms with E-state index in [1.807, 2.05) is 36.5 Å². The number of hydrogen-bond acceptors (Lipinski definition) is 3. The second-order valence-electron chi connectivity index (χ2n) is 9.70. The van der Waals surface area contributed by atoms with E-state index in [-0.39, 0.29) is 6.17 Å². The van der Waals surface area contributed by atoms with Gasteiger partial charge in [0.05, 0.1) is 17.9 Å². The second kappa shape index (κ2) is 9.48. The van der Waals surface area contributed by atoms with Gasteiger partial charge in [-0.25, -0.2) is 4.85 Å². The summed E-state index contributed by atoms with van der Waals surface area (Å²) in [5.74, 6) is 0. The van der Waals surface area contributed by atoms with Gasteiger partial charge >= 0.3 is 0 Å². The topological polar surface area (TPSA) is 32.5 Å². The standard InChI is InChI=1S/C35H24N4/c1-36-31-17-15-25(16-18-31)24-7-9-27(10-8-24)30-21-32(35-33(22-30)39-20-3-2-6-34(39)38-35)28-13-11-26(12-14-28)29-5-4-19-37-23-29/h2-23,34,38H. The smallest absolute Gasteiger partial charge is 0.187 e. The van der Waals surface area contributed by atoms with Gasteiger partial charge in [0.2, 0.25) is 0 Å². The van der Waals surface area contributed by atoms with Crippen LogP contribution in [0.15, 0.2) is 134 Å². The van der Waals surface area contributed by atoms with Gasteiger partial charge in [-0.05, 0) is 69.3 Å². The number of anilines is 2. The average Bonchev–Trinajstić information content (AvgIpc) is 3.40. The molecule has 7 rings (SSSR count). The zero-order valence-corrected chi connectivity index (χ0v) is 21.1. The van der Waals surface area contributed by atoms with Crippen molar-refractivity contribution in [2.45, 2.75) is 6.17 Å². The molecule has 5 aromatic rings. The largest absolute Gasteiger partial charge is 0.359 e. The van der Waals surface area contributed by atoms with Gasteiger partial charge in [-0.15, -0.1) is 0 Å². The third-order valence-electron chi connectivity index (χ3n) is 7.38. The van der Waals surface area contributed by atoms with Crippen molar-refractivity contribution < 1.29 is 0 Å². The van der Waals surface area contributed by atoms with Crippen LogP contribution < -0.4 is 10.2 Å². The lowest BCUT2D eigenvalue weighted by molar-refractivity contribution is 0.908. The molecule has 1 aromatic heterocycles. The lowest BCUT2D eigenvalue weighted by Crippen LogP contribution is -2.30. The summed E-state index contributed by atoms with van der Waals surface area (Å²) in [6.07, 6.45) is 12.3. The molecule has 0 bridgehead atoms. The maximum absolute atomic E-state index is 7.19. The lowest BCUT2D eigenvalue weighted by Gasteiger charge is -2.22. The minimum absolute atomic E-state index is 0.106. The molecule has 0 saturated carbocycles. The molecule has 1 N–H and O–H groups in total. The van der Waals surface area contributed by atoms with Gasteiger partial charge in [0.25, 0.3) is 0 Å². The van der Waals surface area contributed by atoms with Gasteiger partial charge in [0, 0.05) is 24.2 Å². The molecular weight excluding hydrogens is 476 g/mol. The van der Waals surface area contributed by atoms with Crippen molar-refractivity contribution in [1.29, 1.82) is 0 Å².